The first-order valence-corrected chi connectivity index (χ1v) is 6.41. The van der Waals surface area contributed by atoms with E-state index in [0.717, 1.165) is 11.3 Å². The summed E-state index contributed by atoms with van der Waals surface area (Å²) >= 11 is 5.02. The highest BCUT2D eigenvalue weighted by molar-refractivity contribution is 7.80. The van der Waals surface area contributed by atoms with Crippen LogP contribution in [0.2, 0.25) is 0 Å². The topological polar surface area (TPSA) is 9.23 Å². The first kappa shape index (κ1) is 12.8. The molecule has 1 atom stereocenters. The van der Waals surface area contributed by atoms with Gasteiger partial charge in [0.2, 0.25) is 0 Å². The fourth-order valence-electron chi connectivity index (χ4n) is 2.01. The number of para-hydroxylation sites is 1. The summed E-state index contributed by atoms with van der Waals surface area (Å²) in [5, 5.41) is 0.544. The second-order valence-electron chi connectivity index (χ2n) is 4.26. The Morgan fingerprint density at radius 3 is 2.28 bits per heavy atom. The maximum atomic E-state index is 5.62. The van der Waals surface area contributed by atoms with Crippen molar-refractivity contribution < 1.29 is 4.74 Å². The van der Waals surface area contributed by atoms with E-state index in [2.05, 4.69) is 37.3 Å². The van der Waals surface area contributed by atoms with Gasteiger partial charge in [-0.1, -0.05) is 55.5 Å². The van der Waals surface area contributed by atoms with Crippen LogP contribution in [-0.2, 0) is 0 Å². The third-order valence-corrected chi connectivity index (χ3v) is 3.02. The molecule has 2 heteroatoms. The Bertz CT molecular complexity index is 534. The van der Waals surface area contributed by atoms with Crippen LogP contribution in [0.4, 0.5) is 0 Å². The summed E-state index contributed by atoms with van der Waals surface area (Å²) in [6.07, 6.45) is 0. The Kier molecular flexibility index (Phi) is 4.11. The van der Waals surface area contributed by atoms with Gasteiger partial charge in [0.1, 0.15) is 5.75 Å². The summed E-state index contributed by atoms with van der Waals surface area (Å²) in [7, 11) is 0. The molecular formula is C16H16OS. The van der Waals surface area contributed by atoms with Crippen LogP contribution >= 0.6 is 12.2 Å². The second kappa shape index (κ2) is 5.78. The lowest BCUT2D eigenvalue weighted by atomic mass is 9.92. The standard InChI is InChI=1S/C16H16OS/c1-12(14-8-4-3-5-9-14)15-10-6-7-11-16(15)17-13(2)18/h3-12H,1-2H3. The van der Waals surface area contributed by atoms with Gasteiger partial charge in [-0.15, -0.1) is 0 Å². The molecule has 0 fully saturated rings. The summed E-state index contributed by atoms with van der Waals surface area (Å²) in [6.45, 7) is 3.97. The smallest absolute Gasteiger partial charge is 0.164 e. The number of hydrogen-bond acceptors (Lipinski definition) is 2. The predicted molar refractivity (Wildman–Crippen MR) is 79.3 cm³/mol. The normalized spacial score (nSPS) is 11.9. The summed E-state index contributed by atoms with van der Waals surface area (Å²) < 4.78 is 5.62. The van der Waals surface area contributed by atoms with E-state index in [9.17, 15) is 0 Å². The number of rotatable bonds is 3. The first-order chi connectivity index (χ1) is 8.68. The van der Waals surface area contributed by atoms with Crippen LogP contribution in [0.25, 0.3) is 0 Å². The van der Waals surface area contributed by atoms with Gasteiger partial charge in [0.25, 0.3) is 0 Å². The fourth-order valence-corrected chi connectivity index (χ4v) is 2.10. The highest BCUT2D eigenvalue weighted by Gasteiger charge is 2.13. The molecule has 0 aliphatic heterocycles. The van der Waals surface area contributed by atoms with Gasteiger partial charge in [0, 0.05) is 18.4 Å². The lowest BCUT2D eigenvalue weighted by Gasteiger charge is -2.16. The molecular weight excluding hydrogens is 240 g/mol. The molecule has 2 rings (SSSR count). The van der Waals surface area contributed by atoms with E-state index in [1.165, 1.54) is 5.56 Å². The van der Waals surface area contributed by atoms with E-state index in [4.69, 9.17) is 17.0 Å². The van der Waals surface area contributed by atoms with Gasteiger partial charge in [-0.25, -0.2) is 0 Å². The largest absolute Gasteiger partial charge is 0.450 e. The Labute approximate surface area is 113 Å². The van der Waals surface area contributed by atoms with Gasteiger partial charge in [0.15, 0.2) is 5.05 Å². The zero-order valence-electron chi connectivity index (χ0n) is 10.6. The van der Waals surface area contributed by atoms with Gasteiger partial charge in [-0.05, 0) is 23.8 Å². The number of hydrogen-bond donors (Lipinski definition) is 0. The van der Waals surface area contributed by atoms with Gasteiger partial charge in [-0.2, -0.15) is 0 Å². The highest BCUT2D eigenvalue weighted by atomic mass is 32.1. The van der Waals surface area contributed by atoms with Crippen molar-refractivity contribution >= 4 is 17.3 Å². The Balaban J connectivity index is 2.36. The quantitative estimate of drug-likeness (QED) is 0.744. The molecule has 1 unspecified atom stereocenters. The van der Waals surface area contributed by atoms with Gasteiger partial charge in [-0.3, -0.25) is 0 Å². The molecule has 0 N–H and O–H groups in total. The molecule has 0 radical (unpaired) electrons. The Morgan fingerprint density at radius 2 is 1.61 bits per heavy atom. The summed E-state index contributed by atoms with van der Waals surface area (Å²) in [5.41, 5.74) is 2.43. The van der Waals surface area contributed by atoms with Gasteiger partial charge >= 0.3 is 0 Å². The minimum absolute atomic E-state index is 0.289. The van der Waals surface area contributed by atoms with Crippen LogP contribution in [0.3, 0.4) is 0 Å². The molecule has 92 valence electrons. The van der Waals surface area contributed by atoms with Crippen molar-refractivity contribution in [3.63, 3.8) is 0 Å². The first-order valence-electron chi connectivity index (χ1n) is 6.01. The van der Waals surface area contributed by atoms with E-state index in [0.29, 0.717) is 5.05 Å². The van der Waals surface area contributed by atoms with Crippen LogP contribution in [0.5, 0.6) is 5.75 Å². The molecule has 0 saturated heterocycles. The molecule has 0 bridgehead atoms. The third kappa shape index (κ3) is 2.96. The summed E-state index contributed by atoms with van der Waals surface area (Å²) in [6, 6.07) is 18.4. The highest BCUT2D eigenvalue weighted by Crippen LogP contribution is 2.31. The van der Waals surface area contributed by atoms with Crippen molar-refractivity contribution in [2.75, 3.05) is 0 Å². The molecule has 0 aliphatic rings. The number of thiocarbonyl (C=S) groups is 1. The van der Waals surface area contributed by atoms with Gasteiger partial charge < -0.3 is 4.74 Å². The van der Waals surface area contributed by atoms with Crippen LogP contribution < -0.4 is 4.74 Å². The lowest BCUT2D eigenvalue weighted by Crippen LogP contribution is -2.04. The van der Waals surface area contributed by atoms with Crippen molar-refractivity contribution in [3.8, 4) is 5.75 Å². The number of ether oxygens (including phenoxy) is 1. The molecule has 0 spiro atoms. The van der Waals surface area contributed by atoms with Crippen molar-refractivity contribution in [1.29, 1.82) is 0 Å². The lowest BCUT2D eigenvalue weighted by molar-refractivity contribution is 0.549. The zero-order chi connectivity index (χ0) is 13.0. The van der Waals surface area contributed by atoms with Crippen LogP contribution in [-0.4, -0.2) is 5.05 Å². The molecule has 0 aliphatic carbocycles. The van der Waals surface area contributed by atoms with Crippen LogP contribution in [0.1, 0.15) is 30.9 Å². The third-order valence-electron chi connectivity index (χ3n) is 2.94. The van der Waals surface area contributed by atoms with Crippen molar-refractivity contribution in [2.45, 2.75) is 19.8 Å². The minimum atomic E-state index is 0.289. The molecule has 2 aromatic carbocycles. The average molecular weight is 256 g/mol. The SMILES string of the molecule is CC(=S)Oc1ccccc1C(C)c1ccccc1. The average Bonchev–Trinajstić information content (AvgIpc) is 2.39. The van der Waals surface area contributed by atoms with Crippen molar-refractivity contribution in [3.05, 3.63) is 65.7 Å². The van der Waals surface area contributed by atoms with E-state index in [1.54, 1.807) is 6.92 Å². The molecule has 1 nitrogen and oxygen atoms in total. The molecule has 0 amide bonds. The fraction of sp³-hybridized carbons (Fsp3) is 0.188. The number of benzene rings is 2. The molecule has 0 heterocycles. The summed E-state index contributed by atoms with van der Waals surface area (Å²) in [4.78, 5) is 0. The van der Waals surface area contributed by atoms with Crippen LogP contribution in [0.15, 0.2) is 54.6 Å². The zero-order valence-corrected chi connectivity index (χ0v) is 11.4. The molecule has 0 aromatic heterocycles. The van der Waals surface area contributed by atoms with E-state index in [1.807, 2.05) is 24.3 Å². The second-order valence-corrected chi connectivity index (χ2v) is 4.84. The predicted octanol–water partition coefficient (Wildman–Crippen LogP) is 4.56. The summed E-state index contributed by atoms with van der Waals surface area (Å²) in [5.74, 6) is 1.14. The molecule has 0 saturated carbocycles. The molecule has 2 aromatic rings. The van der Waals surface area contributed by atoms with Crippen molar-refractivity contribution in [2.24, 2.45) is 0 Å². The maximum Gasteiger partial charge on any atom is 0.164 e. The monoisotopic (exact) mass is 256 g/mol. The Morgan fingerprint density at radius 1 is 1.00 bits per heavy atom. The van der Waals surface area contributed by atoms with Crippen LogP contribution in [0, 0.1) is 0 Å². The van der Waals surface area contributed by atoms with E-state index < -0.39 is 0 Å². The minimum Gasteiger partial charge on any atom is -0.450 e. The van der Waals surface area contributed by atoms with Gasteiger partial charge in [0.05, 0.1) is 0 Å². The van der Waals surface area contributed by atoms with Crippen molar-refractivity contribution in [1.82, 2.24) is 0 Å². The molecule has 18 heavy (non-hydrogen) atoms. The maximum absolute atomic E-state index is 5.62. The van der Waals surface area contributed by atoms with E-state index in [-0.39, 0.29) is 5.92 Å². The van der Waals surface area contributed by atoms with E-state index >= 15 is 0 Å². The Hall–Kier alpha value is -1.67.